The molecule has 1 saturated heterocycles. The summed E-state index contributed by atoms with van der Waals surface area (Å²) in [4.78, 5) is 12.2. The van der Waals surface area contributed by atoms with Crippen LogP contribution in [0.5, 0.6) is 0 Å². The summed E-state index contributed by atoms with van der Waals surface area (Å²) in [6, 6.07) is 0.0819. The van der Waals surface area contributed by atoms with Crippen LogP contribution in [-0.2, 0) is 9.22 Å². The summed E-state index contributed by atoms with van der Waals surface area (Å²) in [5.41, 5.74) is 0. The Morgan fingerprint density at radius 3 is 2.25 bits per heavy atom. The lowest BCUT2D eigenvalue weighted by molar-refractivity contribution is -0.133. The smallest absolute Gasteiger partial charge is 0.225 e. The lowest BCUT2D eigenvalue weighted by Gasteiger charge is -2.46. The Kier molecular flexibility index (Phi) is 5.25. The van der Waals surface area contributed by atoms with Crippen LogP contribution in [0.4, 0.5) is 0 Å². The maximum absolute atomic E-state index is 12.2. The third-order valence-corrected chi connectivity index (χ3v) is 9.41. The highest BCUT2D eigenvalue weighted by atomic mass is 28.4. The Bertz CT molecular complexity index is 384. The number of carbonyl (C=O) groups is 1. The number of amides is 1. The molecule has 0 spiro atoms. The van der Waals surface area contributed by atoms with Crippen molar-refractivity contribution in [1.82, 2.24) is 5.32 Å². The molecule has 4 atom stereocenters. The zero-order valence-corrected chi connectivity index (χ0v) is 15.3. The number of allylic oxidation sites excluding steroid dienone is 1. The van der Waals surface area contributed by atoms with Crippen LogP contribution in [0.25, 0.3) is 0 Å². The first kappa shape index (κ1) is 17.4. The Labute approximate surface area is 125 Å². The van der Waals surface area contributed by atoms with Gasteiger partial charge in [0.25, 0.3) is 0 Å². The van der Waals surface area contributed by atoms with Crippen molar-refractivity contribution < 1.29 is 9.22 Å². The molecule has 0 aromatic carbocycles. The largest absolute Gasteiger partial charge is 0.413 e. The Morgan fingerprint density at radius 2 is 1.80 bits per heavy atom. The molecule has 116 valence electrons. The average molecular weight is 298 g/mol. The molecule has 0 aromatic heterocycles. The van der Waals surface area contributed by atoms with Gasteiger partial charge in [-0.2, -0.15) is 0 Å². The van der Waals surface area contributed by atoms with Crippen molar-refractivity contribution in [3.8, 4) is 0 Å². The first-order valence-electron chi connectivity index (χ1n) is 7.62. The highest BCUT2D eigenvalue weighted by molar-refractivity contribution is 6.74. The van der Waals surface area contributed by atoms with E-state index < -0.39 is 8.32 Å². The van der Waals surface area contributed by atoms with E-state index in [9.17, 15) is 4.79 Å². The van der Waals surface area contributed by atoms with Crippen LogP contribution in [0.15, 0.2) is 12.2 Å². The van der Waals surface area contributed by atoms with Crippen molar-refractivity contribution in [2.24, 2.45) is 11.8 Å². The summed E-state index contributed by atoms with van der Waals surface area (Å²) in [6.45, 7) is 17.4. The number of hydrogen-bond donors (Lipinski definition) is 1. The van der Waals surface area contributed by atoms with Crippen LogP contribution in [0.3, 0.4) is 0 Å². The van der Waals surface area contributed by atoms with E-state index in [1.807, 2.05) is 19.9 Å². The third kappa shape index (κ3) is 3.53. The van der Waals surface area contributed by atoms with E-state index in [0.717, 1.165) is 0 Å². The normalized spacial score (nSPS) is 32.5. The minimum Gasteiger partial charge on any atom is -0.413 e. The number of rotatable bonds is 3. The van der Waals surface area contributed by atoms with E-state index in [0.29, 0.717) is 5.92 Å². The SMILES string of the molecule is C/C=C/[C@@H]1NC(=O)[C@H](C)[C@@H](O[Si](C)(C)C(C)(C)C)[C@H]1C. The standard InChI is InChI=1S/C16H31NO2Si/c1-9-10-13-11(2)14(12(3)15(18)17-13)19-20(7,8)16(4,5)6/h9-14H,1-8H3,(H,17,18)/b10-9+/t11-,12+,13-,14-/m0/s1. The molecule has 0 bridgehead atoms. The average Bonchev–Trinajstić information content (AvgIpc) is 2.30. The molecule has 1 N–H and O–H groups in total. The van der Waals surface area contributed by atoms with E-state index in [4.69, 9.17) is 4.43 Å². The first-order valence-corrected chi connectivity index (χ1v) is 10.5. The van der Waals surface area contributed by atoms with E-state index in [1.54, 1.807) is 0 Å². The summed E-state index contributed by atoms with van der Waals surface area (Å²) in [7, 11) is -1.86. The molecule has 1 fully saturated rings. The quantitative estimate of drug-likeness (QED) is 0.637. The Morgan fingerprint density at radius 1 is 1.25 bits per heavy atom. The number of nitrogens with one attached hydrogen (secondary N) is 1. The molecule has 0 radical (unpaired) electrons. The van der Waals surface area contributed by atoms with Crippen LogP contribution in [0.1, 0.15) is 41.5 Å². The van der Waals surface area contributed by atoms with Crippen molar-refractivity contribution >= 4 is 14.2 Å². The molecule has 1 aliphatic heterocycles. The topological polar surface area (TPSA) is 38.3 Å². The molecule has 1 aliphatic rings. The van der Waals surface area contributed by atoms with E-state index in [2.05, 4.69) is 52.2 Å². The van der Waals surface area contributed by atoms with Gasteiger partial charge in [0, 0.05) is 5.92 Å². The fourth-order valence-electron chi connectivity index (χ4n) is 2.39. The first-order chi connectivity index (χ1) is 9.01. The molecule has 3 nitrogen and oxygen atoms in total. The summed E-state index contributed by atoms with van der Waals surface area (Å²) >= 11 is 0. The lowest BCUT2D eigenvalue weighted by atomic mass is 9.83. The van der Waals surface area contributed by atoms with Crippen LogP contribution in [0.2, 0.25) is 18.1 Å². The summed E-state index contributed by atoms with van der Waals surface area (Å²) in [5.74, 6) is 0.323. The van der Waals surface area contributed by atoms with E-state index in [-0.39, 0.29) is 29.0 Å². The van der Waals surface area contributed by atoms with Crippen molar-refractivity contribution in [3.05, 3.63) is 12.2 Å². The lowest BCUT2D eigenvalue weighted by Crippen LogP contribution is -2.58. The van der Waals surface area contributed by atoms with Gasteiger partial charge in [0.2, 0.25) is 5.91 Å². The minimum atomic E-state index is -1.86. The molecule has 0 aliphatic carbocycles. The zero-order valence-electron chi connectivity index (χ0n) is 14.3. The molecule has 0 saturated carbocycles. The predicted molar refractivity (Wildman–Crippen MR) is 87.1 cm³/mol. The maximum atomic E-state index is 12.2. The van der Waals surface area contributed by atoms with Crippen LogP contribution in [-0.4, -0.2) is 26.4 Å². The molecule has 1 heterocycles. The summed E-state index contributed by atoms with van der Waals surface area (Å²) in [5, 5.41) is 3.24. The van der Waals surface area contributed by atoms with Crippen LogP contribution >= 0.6 is 0 Å². The van der Waals surface area contributed by atoms with Crippen molar-refractivity contribution in [3.63, 3.8) is 0 Å². The molecular weight excluding hydrogens is 266 g/mol. The molecule has 1 amide bonds. The number of piperidine rings is 1. The molecule has 1 rings (SSSR count). The maximum Gasteiger partial charge on any atom is 0.225 e. The van der Waals surface area contributed by atoms with Gasteiger partial charge in [-0.3, -0.25) is 4.79 Å². The van der Waals surface area contributed by atoms with Gasteiger partial charge in [0.15, 0.2) is 8.32 Å². The van der Waals surface area contributed by atoms with Crippen LogP contribution < -0.4 is 5.32 Å². The Hall–Kier alpha value is -0.613. The van der Waals surface area contributed by atoms with Gasteiger partial charge < -0.3 is 9.74 Å². The molecule has 20 heavy (non-hydrogen) atoms. The molecule has 0 aromatic rings. The second-order valence-corrected chi connectivity index (χ2v) is 12.3. The third-order valence-electron chi connectivity index (χ3n) is 4.94. The predicted octanol–water partition coefficient (Wildman–Crippen LogP) is 3.72. The highest BCUT2D eigenvalue weighted by Gasteiger charge is 2.45. The monoisotopic (exact) mass is 297 g/mol. The Balaban J connectivity index is 2.98. The van der Waals surface area contributed by atoms with E-state index in [1.165, 1.54) is 0 Å². The second kappa shape index (κ2) is 6.02. The molecular formula is C16H31NO2Si. The highest BCUT2D eigenvalue weighted by Crippen LogP contribution is 2.40. The van der Waals surface area contributed by atoms with Crippen molar-refractivity contribution in [1.29, 1.82) is 0 Å². The van der Waals surface area contributed by atoms with Crippen molar-refractivity contribution in [2.45, 2.75) is 71.8 Å². The van der Waals surface area contributed by atoms with E-state index >= 15 is 0 Å². The molecule has 0 unspecified atom stereocenters. The van der Waals surface area contributed by atoms with Gasteiger partial charge in [-0.05, 0) is 25.1 Å². The summed E-state index contributed by atoms with van der Waals surface area (Å²) in [6.07, 6.45) is 4.07. The van der Waals surface area contributed by atoms with Gasteiger partial charge in [-0.25, -0.2) is 0 Å². The van der Waals surface area contributed by atoms with Gasteiger partial charge in [0.1, 0.15) is 0 Å². The van der Waals surface area contributed by atoms with Gasteiger partial charge >= 0.3 is 0 Å². The fourth-order valence-corrected chi connectivity index (χ4v) is 3.85. The van der Waals surface area contributed by atoms with Gasteiger partial charge in [0.05, 0.1) is 18.1 Å². The fraction of sp³-hybridized carbons (Fsp3) is 0.812. The number of carbonyl (C=O) groups excluding carboxylic acids is 1. The number of hydrogen-bond acceptors (Lipinski definition) is 2. The summed E-state index contributed by atoms with van der Waals surface area (Å²) < 4.78 is 6.56. The van der Waals surface area contributed by atoms with Gasteiger partial charge in [-0.1, -0.05) is 46.8 Å². The minimum absolute atomic E-state index is 0.00541. The van der Waals surface area contributed by atoms with Crippen LogP contribution in [0, 0.1) is 11.8 Å². The second-order valence-electron chi connectivity index (χ2n) is 7.55. The molecule has 4 heteroatoms. The zero-order chi connectivity index (χ0) is 15.7. The van der Waals surface area contributed by atoms with Gasteiger partial charge in [-0.15, -0.1) is 0 Å². The van der Waals surface area contributed by atoms with Crippen molar-refractivity contribution in [2.75, 3.05) is 0 Å².